The first kappa shape index (κ1) is 29.8. The summed E-state index contributed by atoms with van der Waals surface area (Å²) in [5, 5.41) is 24.4. The first-order valence-electron chi connectivity index (χ1n) is 15.2. The van der Waals surface area contributed by atoms with Gasteiger partial charge in [-0.2, -0.15) is 0 Å². The van der Waals surface area contributed by atoms with E-state index >= 15 is 0 Å². The fourth-order valence-corrected chi connectivity index (χ4v) is 5.11. The highest BCUT2D eigenvalue weighted by Crippen LogP contribution is 2.27. The highest BCUT2D eigenvalue weighted by molar-refractivity contribution is 6.12. The number of anilines is 2. The number of hydrogen-bond acceptors (Lipinski definition) is 4. The summed E-state index contributed by atoms with van der Waals surface area (Å²) < 4.78 is 0. The zero-order valence-electron chi connectivity index (χ0n) is 25.3. The Balaban J connectivity index is 1.19. The summed E-state index contributed by atoms with van der Waals surface area (Å²) in [6.45, 7) is 0. The zero-order chi connectivity index (χ0) is 31.6. The van der Waals surface area contributed by atoms with Gasteiger partial charge >= 0.3 is 0 Å². The minimum Gasteiger partial charge on any atom is -0.355 e. The van der Waals surface area contributed by atoms with Crippen LogP contribution in [0, 0.1) is 10.8 Å². The molecule has 6 rings (SSSR count). The maximum Gasteiger partial charge on any atom is 0.0633 e. The lowest BCUT2D eigenvalue weighted by Gasteiger charge is -2.14. The van der Waals surface area contributed by atoms with Crippen LogP contribution in [0.3, 0.4) is 0 Å². The van der Waals surface area contributed by atoms with Crippen LogP contribution in [0.25, 0.3) is 22.5 Å². The van der Waals surface area contributed by atoms with Crippen LogP contribution in [0.15, 0.2) is 182 Å². The van der Waals surface area contributed by atoms with Gasteiger partial charge in [0.05, 0.1) is 11.4 Å². The van der Waals surface area contributed by atoms with Crippen LogP contribution in [-0.4, -0.2) is 11.4 Å². The van der Waals surface area contributed by atoms with Crippen molar-refractivity contribution >= 4 is 34.2 Å². The van der Waals surface area contributed by atoms with E-state index in [2.05, 4.69) is 59.2 Å². The van der Waals surface area contributed by atoms with Crippen molar-refractivity contribution in [2.75, 3.05) is 10.6 Å². The van der Waals surface area contributed by atoms with Gasteiger partial charge in [-0.1, -0.05) is 146 Å². The van der Waals surface area contributed by atoms with Crippen molar-refractivity contribution in [3.05, 3.63) is 204 Å². The van der Waals surface area contributed by atoms with E-state index in [0.29, 0.717) is 11.4 Å². The third-order valence-corrected chi connectivity index (χ3v) is 7.58. The first-order valence-corrected chi connectivity index (χ1v) is 15.2. The van der Waals surface area contributed by atoms with Crippen LogP contribution in [0.5, 0.6) is 0 Å². The Kier molecular flexibility index (Phi) is 9.38. The van der Waals surface area contributed by atoms with Crippen molar-refractivity contribution < 1.29 is 0 Å². The van der Waals surface area contributed by atoms with Gasteiger partial charge in [0, 0.05) is 22.8 Å². The number of hydrogen-bond donors (Lipinski definition) is 4. The molecular formula is C42H34N4. The molecule has 0 aliphatic carbocycles. The molecule has 0 amide bonds. The average molecular weight is 595 g/mol. The Labute approximate surface area is 270 Å². The fourth-order valence-electron chi connectivity index (χ4n) is 5.11. The van der Waals surface area contributed by atoms with Gasteiger partial charge in [-0.15, -0.1) is 0 Å². The van der Waals surface area contributed by atoms with E-state index in [1.807, 2.05) is 133 Å². The van der Waals surface area contributed by atoms with E-state index in [-0.39, 0.29) is 0 Å². The van der Waals surface area contributed by atoms with Crippen molar-refractivity contribution in [3.63, 3.8) is 0 Å². The lowest BCUT2D eigenvalue weighted by molar-refractivity contribution is 1.47. The smallest absolute Gasteiger partial charge is 0.0633 e. The van der Waals surface area contributed by atoms with Gasteiger partial charge in [-0.25, -0.2) is 0 Å². The summed E-state index contributed by atoms with van der Waals surface area (Å²) in [5.41, 5.74) is 10.5. The Morgan fingerprint density at radius 1 is 0.348 bits per heavy atom. The molecule has 0 aliphatic heterocycles. The fraction of sp³-hybridized carbons (Fsp3) is 0. The van der Waals surface area contributed by atoms with Gasteiger partial charge in [0.2, 0.25) is 0 Å². The molecule has 6 aromatic carbocycles. The standard InChI is InChI=1S/C42H34N4/c43-39(33-13-5-1-6-14-33)29-41(35-17-9-3-10-18-35)45-37-25-21-31(22-26-37)32-23-27-38(28-24-32)46-42(36-19-11-4-12-20-36)30-40(44)34-15-7-2-8-16-34/h1-30,43-46H/b41-29-,42-30-,43-39?,44-40?. The second kappa shape index (κ2) is 14.5. The van der Waals surface area contributed by atoms with Crippen molar-refractivity contribution in [2.24, 2.45) is 0 Å². The quantitative estimate of drug-likeness (QED) is 0.113. The topological polar surface area (TPSA) is 71.8 Å². The maximum absolute atomic E-state index is 8.67. The molecule has 46 heavy (non-hydrogen) atoms. The predicted octanol–water partition coefficient (Wildman–Crippen LogP) is 10.4. The minimum absolute atomic E-state index is 0.444. The third-order valence-electron chi connectivity index (χ3n) is 7.58. The molecule has 0 spiro atoms. The Bertz CT molecular complexity index is 1810. The summed E-state index contributed by atoms with van der Waals surface area (Å²) in [4.78, 5) is 0. The first-order chi connectivity index (χ1) is 22.6. The van der Waals surface area contributed by atoms with E-state index in [1.54, 1.807) is 0 Å². The third kappa shape index (κ3) is 7.62. The largest absolute Gasteiger partial charge is 0.355 e. The van der Waals surface area contributed by atoms with E-state index < -0.39 is 0 Å². The van der Waals surface area contributed by atoms with Crippen LogP contribution < -0.4 is 10.6 Å². The Hall–Kier alpha value is -6.26. The minimum atomic E-state index is 0.444. The highest BCUT2D eigenvalue weighted by Gasteiger charge is 2.08. The molecule has 0 bridgehead atoms. The molecule has 0 fully saturated rings. The second-order valence-corrected chi connectivity index (χ2v) is 10.8. The molecule has 0 heterocycles. The van der Waals surface area contributed by atoms with Crippen molar-refractivity contribution in [1.82, 2.24) is 0 Å². The number of allylic oxidation sites excluding steroid dienone is 2. The average Bonchev–Trinajstić information content (AvgIpc) is 3.13. The highest BCUT2D eigenvalue weighted by atomic mass is 14.9. The van der Waals surface area contributed by atoms with Crippen LogP contribution in [0.1, 0.15) is 22.3 Å². The predicted molar refractivity (Wildman–Crippen MR) is 195 cm³/mol. The van der Waals surface area contributed by atoms with Gasteiger partial charge < -0.3 is 21.5 Å². The number of nitrogens with one attached hydrogen (secondary N) is 4. The van der Waals surface area contributed by atoms with Gasteiger partial charge in [-0.3, -0.25) is 0 Å². The van der Waals surface area contributed by atoms with Gasteiger partial charge in [0.1, 0.15) is 0 Å². The molecule has 0 aliphatic rings. The molecule has 0 unspecified atom stereocenters. The lowest BCUT2D eigenvalue weighted by Crippen LogP contribution is -2.04. The van der Waals surface area contributed by atoms with E-state index in [9.17, 15) is 0 Å². The molecule has 4 N–H and O–H groups in total. The van der Waals surface area contributed by atoms with Crippen LogP contribution in [0.4, 0.5) is 11.4 Å². The summed E-state index contributed by atoms with van der Waals surface area (Å²) >= 11 is 0. The van der Waals surface area contributed by atoms with Crippen LogP contribution in [-0.2, 0) is 0 Å². The van der Waals surface area contributed by atoms with E-state index in [0.717, 1.165) is 56.1 Å². The van der Waals surface area contributed by atoms with Gasteiger partial charge in [0.25, 0.3) is 0 Å². The molecule has 0 atom stereocenters. The van der Waals surface area contributed by atoms with Gasteiger partial charge in [0.15, 0.2) is 0 Å². The number of rotatable bonds is 11. The van der Waals surface area contributed by atoms with Crippen LogP contribution in [0.2, 0.25) is 0 Å². The normalized spacial score (nSPS) is 11.5. The Morgan fingerprint density at radius 3 is 0.935 bits per heavy atom. The van der Waals surface area contributed by atoms with Crippen molar-refractivity contribution in [1.29, 1.82) is 10.8 Å². The molecule has 0 radical (unpaired) electrons. The molecule has 4 heteroatoms. The molecule has 4 nitrogen and oxygen atoms in total. The molecule has 0 saturated heterocycles. The molecule has 6 aromatic rings. The summed E-state index contributed by atoms with van der Waals surface area (Å²) in [6, 6.07) is 56.4. The summed E-state index contributed by atoms with van der Waals surface area (Å²) in [6.07, 6.45) is 3.76. The van der Waals surface area contributed by atoms with E-state index in [1.165, 1.54) is 0 Å². The maximum atomic E-state index is 8.67. The summed E-state index contributed by atoms with van der Waals surface area (Å²) in [7, 11) is 0. The molecule has 0 aromatic heterocycles. The van der Waals surface area contributed by atoms with Crippen LogP contribution >= 0.6 is 0 Å². The Morgan fingerprint density at radius 2 is 0.630 bits per heavy atom. The molecule has 0 saturated carbocycles. The van der Waals surface area contributed by atoms with Crippen molar-refractivity contribution in [2.45, 2.75) is 0 Å². The summed E-state index contributed by atoms with van der Waals surface area (Å²) in [5.74, 6) is 0. The van der Waals surface area contributed by atoms with Gasteiger partial charge in [-0.05, 0) is 69.8 Å². The van der Waals surface area contributed by atoms with Crippen molar-refractivity contribution in [3.8, 4) is 11.1 Å². The SMILES string of the molecule is N=C(/C=C(\Nc1ccc(-c2ccc(N/C(=C\C(=N)c3ccccc3)c3ccccc3)cc2)cc1)c1ccccc1)c1ccccc1. The lowest BCUT2D eigenvalue weighted by atomic mass is 10.0. The number of benzene rings is 6. The second-order valence-electron chi connectivity index (χ2n) is 10.8. The zero-order valence-corrected chi connectivity index (χ0v) is 25.3. The monoisotopic (exact) mass is 594 g/mol. The molecular weight excluding hydrogens is 560 g/mol. The van der Waals surface area contributed by atoms with E-state index in [4.69, 9.17) is 10.8 Å². The molecule has 222 valence electrons.